The molecule has 2 amide bonds. The van der Waals surface area contributed by atoms with Crippen LogP contribution in [0.25, 0.3) is 0 Å². The zero-order valence-electron chi connectivity index (χ0n) is 11.5. The van der Waals surface area contributed by atoms with E-state index in [2.05, 4.69) is 27.8 Å². The van der Waals surface area contributed by atoms with Crippen molar-refractivity contribution in [2.45, 2.75) is 25.5 Å². The molecule has 1 N–H and O–H groups in total. The molecule has 6 heteroatoms. The number of methoxy groups -OCH3 is 1. The first-order valence-electron chi connectivity index (χ1n) is 6.57. The van der Waals surface area contributed by atoms with E-state index in [-0.39, 0.29) is 12.1 Å². The van der Waals surface area contributed by atoms with Crippen LogP contribution >= 0.6 is 15.9 Å². The molecule has 1 aliphatic heterocycles. The molecule has 1 fully saturated rings. The van der Waals surface area contributed by atoms with E-state index in [1.165, 1.54) is 0 Å². The van der Waals surface area contributed by atoms with Gasteiger partial charge in [-0.1, -0.05) is 22.5 Å². The number of urea groups is 1. The topological polar surface area (TPSA) is 54.7 Å². The van der Waals surface area contributed by atoms with E-state index >= 15 is 0 Å². The minimum Gasteiger partial charge on any atom is -0.461 e. The SMILES string of the molecule is C=C(Br)CNC(=O)N1CCC[C@@H]1c1ccc(COC)o1. The minimum absolute atomic E-state index is 0.00389. The van der Waals surface area contributed by atoms with Gasteiger partial charge in [-0.2, -0.15) is 0 Å². The zero-order chi connectivity index (χ0) is 14.5. The van der Waals surface area contributed by atoms with Gasteiger partial charge in [0, 0.05) is 18.1 Å². The largest absolute Gasteiger partial charge is 0.461 e. The second-order valence-corrected chi connectivity index (χ2v) is 5.89. The van der Waals surface area contributed by atoms with Crippen LogP contribution in [-0.4, -0.2) is 31.1 Å². The number of halogens is 1. The maximum atomic E-state index is 12.2. The van der Waals surface area contributed by atoms with Gasteiger partial charge in [-0.3, -0.25) is 0 Å². The van der Waals surface area contributed by atoms with Crippen molar-refractivity contribution >= 4 is 22.0 Å². The van der Waals surface area contributed by atoms with E-state index in [0.29, 0.717) is 13.2 Å². The molecule has 2 rings (SSSR count). The summed E-state index contributed by atoms with van der Waals surface area (Å²) in [6, 6.07) is 3.74. The first-order valence-corrected chi connectivity index (χ1v) is 7.36. The number of ether oxygens (including phenoxy) is 1. The van der Waals surface area contributed by atoms with Gasteiger partial charge < -0.3 is 19.4 Å². The van der Waals surface area contributed by atoms with Crippen LogP contribution in [0.1, 0.15) is 30.4 Å². The standard InChI is InChI=1S/C14H19BrN2O3/c1-10(15)8-16-14(18)17-7-3-4-12(17)13-6-5-11(20-13)9-19-2/h5-6,12H,1,3-4,7-9H2,2H3,(H,16,18)/t12-/m1/s1. The van der Waals surface area contributed by atoms with Crippen LogP contribution in [-0.2, 0) is 11.3 Å². The molecule has 110 valence electrons. The van der Waals surface area contributed by atoms with Gasteiger partial charge >= 0.3 is 6.03 Å². The maximum Gasteiger partial charge on any atom is 0.318 e. The number of nitrogens with zero attached hydrogens (tertiary/aromatic N) is 1. The third-order valence-electron chi connectivity index (χ3n) is 3.24. The Bertz CT molecular complexity index is 487. The third kappa shape index (κ3) is 3.64. The molecule has 0 unspecified atom stereocenters. The van der Waals surface area contributed by atoms with E-state index < -0.39 is 0 Å². The van der Waals surface area contributed by atoms with Crippen molar-refractivity contribution in [3.05, 3.63) is 34.7 Å². The van der Waals surface area contributed by atoms with Gasteiger partial charge in [0.15, 0.2) is 0 Å². The van der Waals surface area contributed by atoms with E-state index in [1.807, 2.05) is 17.0 Å². The van der Waals surface area contributed by atoms with Crippen molar-refractivity contribution < 1.29 is 13.9 Å². The first-order chi connectivity index (χ1) is 9.61. The molecule has 0 aliphatic carbocycles. The minimum atomic E-state index is -0.0854. The average Bonchev–Trinajstić information content (AvgIpc) is 3.04. The van der Waals surface area contributed by atoms with Crippen LogP contribution in [0, 0.1) is 0 Å². The number of furan rings is 1. The van der Waals surface area contributed by atoms with Gasteiger partial charge in [-0.15, -0.1) is 0 Å². The summed E-state index contributed by atoms with van der Waals surface area (Å²) in [5.74, 6) is 1.60. The van der Waals surface area contributed by atoms with Crippen molar-refractivity contribution in [1.82, 2.24) is 10.2 Å². The average molecular weight is 343 g/mol. The Balaban J connectivity index is 2.02. The van der Waals surface area contributed by atoms with Gasteiger partial charge in [0.1, 0.15) is 18.1 Å². The quantitative estimate of drug-likeness (QED) is 0.893. The van der Waals surface area contributed by atoms with Crippen molar-refractivity contribution in [3.63, 3.8) is 0 Å². The highest BCUT2D eigenvalue weighted by Crippen LogP contribution is 2.33. The van der Waals surface area contributed by atoms with Gasteiger partial charge in [-0.05, 0) is 25.0 Å². The lowest BCUT2D eigenvalue weighted by molar-refractivity contribution is 0.156. The fourth-order valence-electron chi connectivity index (χ4n) is 2.37. The summed E-state index contributed by atoms with van der Waals surface area (Å²) < 4.78 is 11.5. The fraction of sp³-hybridized carbons (Fsp3) is 0.500. The van der Waals surface area contributed by atoms with Crippen LogP contribution in [0.3, 0.4) is 0 Å². The molecule has 1 aromatic rings. The molecule has 2 heterocycles. The molecule has 5 nitrogen and oxygen atoms in total. The van der Waals surface area contributed by atoms with Crippen LogP contribution in [0.2, 0.25) is 0 Å². The second kappa shape index (κ2) is 6.95. The monoisotopic (exact) mass is 342 g/mol. The van der Waals surface area contributed by atoms with Crippen molar-refractivity contribution in [2.75, 3.05) is 20.2 Å². The number of nitrogens with one attached hydrogen (secondary N) is 1. The number of carbonyl (C=O) groups excluding carboxylic acids is 1. The van der Waals surface area contributed by atoms with Gasteiger partial charge in [0.05, 0.1) is 12.6 Å². The number of amides is 2. The summed E-state index contributed by atoms with van der Waals surface area (Å²) in [6.07, 6.45) is 1.90. The van der Waals surface area contributed by atoms with Crippen LogP contribution in [0.5, 0.6) is 0 Å². The van der Waals surface area contributed by atoms with Gasteiger partial charge in [-0.25, -0.2) is 4.79 Å². The first kappa shape index (κ1) is 15.1. The maximum absolute atomic E-state index is 12.2. The normalized spacial score (nSPS) is 18.3. The van der Waals surface area contributed by atoms with Gasteiger partial charge in [0.25, 0.3) is 0 Å². The molecule has 0 bridgehead atoms. The molecule has 0 spiro atoms. The molecular weight excluding hydrogens is 324 g/mol. The molecule has 1 saturated heterocycles. The Morgan fingerprint density at radius 1 is 1.65 bits per heavy atom. The lowest BCUT2D eigenvalue weighted by atomic mass is 10.2. The summed E-state index contributed by atoms with van der Waals surface area (Å²) in [7, 11) is 1.63. The molecular formula is C14H19BrN2O3. The Hall–Kier alpha value is -1.27. The Morgan fingerprint density at radius 2 is 2.45 bits per heavy atom. The smallest absolute Gasteiger partial charge is 0.318 e. The highest BCUT2D eigenvalue weighted by molar-refractivity contribution is 9.11. The molecule has 0 radical (unpaired) electrons. The summed E-state index contributed by atoms with van der Waals surface area (Å²) in [6.45, 7) is 5.32. The zero-order valence-corrected chi connectivity index (χ0v) is 13.1. The fourth-order valence-corrected chi connectivity index (χ4v) is 2.51. The Morgan fingerprint density at radius 3 is 3.15 bits per heavy atom. The number of rotatable bonds is 5. The molecule has 20 heavy (non-hydrogen) atoms. The molecule has 1 aromatic heterocycles. The molecule has 1 aliphatic rings. The van der Waals surface area contributed by atoms with Crippen LogP contribution < -0.4 is 5.32 Å². The number of hydrogen-bond acceptors (Lipinski definition) is 3. The Kier molecular flexibility index (Phi) is 5.25. The molecule has 0 saturated carbocycles. The van der Waals surface area contributed by atoms with E-state index in [9.17, 15) is 4.79 Å². The predicted octanol–water partition coefficient (Wildman–Crippen LogP) is 3.18. The summed E-state index contributed by atoms with van der Waals surface area (Å²) in [5.41, 5.74) is 0. The highest BCUT2D eigenvalue weighted by atomic mass is 79.9. The van der Waals surface area contributed by atoms with E-state index in [0.717, 1.165) is 35.4 Å². The molecule has 1 atom stereocenters. The summed E-state index contributed by atoms with van der Waals surface area (Å²) >= 11 is 3.23. The van der Waals surface area contributed by atoms with E-state index in [1.54, 1.807) is 7.11 Å². The van der Waals surface area contributed by atoms with Crippen LogP contribution in [0.4, 0.5) is 4.79 Å². The number of carbonyl (C=O) groups is 1. The molecule has 0 aromatic carbocycles. The lowest BCUT2D eigenvalue weighted by Gasteiger charge is -2.23. The highest BCUT2D eigenvalue weighted by Gasteiger charge is 2.32. The second-order valence-electron chi connectivity index (χ2n) is 4.76. The predicted molar refractivity (Wildman–Crippen MR) is 79.6 cm³/mol. The van der Waals surface area contributed by atoms with Crippen molar-refractivity contribution in [2.24, 2.45) is 0 Å². The number of likely N-dealkylation sites (tertiary alicyclic amines) is 1. The van der Waals surface area contributed by atoms with Crippen LogP contribution in [0.15, 0.2) is 27.6 Å². The number of hydrogen-bond donors (Lipinski definition) is 1. The summed E-state index contributed by atoms with van der Waals surface area (Å²) in [4.78, 5) is 14.0. The summed E-state index contributed by atoms with van der Waals surface area (Å²) in [5, 5.41) is 2.83. The van der Waals surface area contributed by atoms with Gasteiger partial charge in [0.2, 0.25) is 0 Å². The Labute approximate surface area is 127 Å². The van der Waals surface area contributed by atoms with Crippen molar-refractivity contribution in [1.29, 1.82) is 0 Å². The third-order valence-corrected chi connectivity index (χ3v) is 3.52. The van der Waals surface area contributed by atoms with E-state index in [4.69, 9.17) is 9.15 Å². The van der Waals surface area contributed by atoms with Crippen molar-refractivity contribution in [3.8, 4) is 0 Å². The lowest BCUT2D eigenvalue weighted by Crippen LogP contribution is -2.39.